The Morgan fingerprint density at radius 3 is 2.58 bits per heavy atom. The van der Waals surface area contributed by atoms with Gasteiger partial charge in [-0.2, -0.15) is 0 Å². The second kappa shape index (κ2) is 11.5. The van der Waals surface area contributed by atoms with E-state index in [0.717, 1.165) is 10.4 Å². The zero-order valence-electron chi connectivity index (χ0n) is 18.8. The first kappa shape index (κ1) is 25.1. The lowest BCUT2D eigenvalue weighted by Gasteiger charge is -2.09. The van der Waals surface area contributed by atoms with Gasteiger partial charge in [0.25, 0.3) is 0 Å². The van der Waals surface area contributed by atoms with Crippen LogP contribution in [0.5, 0.6) is 5.75 Å². The van der Waals surface area contributed by atoms with Crippen molar-refractivity contribution in [3.63, 3.8) is 0 Å². The van der Waals surface area contributed by atoms with Crippen molar-refractivity contribution in [2.75, 3.05) is 18.2 Å². The number of methoxy groups -OCH3 is 1. The van der Waals surface area contributed by atoms with Gasteiger partial charge in [0, 0.05) is 16.4 Å². The number of carbonyl (C=O) groups excluding carboxylic acids is 2. The number of ether oxygens (including phenoxy) is 2. The van der Waals surface area contributed by atoms with Crippen LogP contribution in [-0.2, 0) is 29.1 Å². The minimum atomic E-state index is -0.449. The maximum Gasteiger partial charge on any atom is 0.341 e. The molecule has 11 heteroatoms. The first-order chi connectivity index (χ1) is 15.9. The van der Waals surface area contributed by atoms with Crippen LogP contribution in [0.3, 0.4) is 0 Å². The quantitative estimate of drug-likeness (QED) is 0.305. The van der Waals surface area contributed by atoms with Crippen molar-refractivity contribution >= 4 is 51.6 Å². The summed E-state index contributed by atoms with van der Waals surface area (Å²) in [5, 5.41) is 13.0. The van der Waals surface area contributed by atoms with Gasteiger partial charge in [0.1, 0.15) is 17.4 Å². The Labute approximate surface area is 205 Å². The number of aryl methyl sites for hydroxylation is 1. The smallest absolute Gasteiger partial charge is 0.341 e. The predicted molar refractivity (Wildman–Crippen MR) is 131 cm³/mol. The van der Waals surface area contributed by atoms with Crippen LogP contribution in [0, 0.1) is 6.92 Å². The Morgan fingerprint density at radius 2 is 1.94 bits per heavy atom. The number of halogens is 1. The zero-order chi connectivity index (χ0) is 24.0. The van der Waals surface area contributed by atoms with Crippen LogP contribution < -0.4 is 10.1 Å². The van der Waals surface area contributed by atoms with Gasteiger partial charge < -0.3 is 19.4 Å². The van der Waals surface area contributed by atoms with Crippen LogP contribution in [-0.4, -0.2) is 39.5 Å². The third-order valence-electron chi connectivity index (χ3n) is 4.83. The fourth-order valence-corrected chi connectivity index (χ4v) is 5.33. The molecule has 0 aliphatic carbocycles. The Morgan fingerprint density at radius 1 is 1.21 bits per heavy atom. The molecule has 33 heavy (non-hydrogen) atoms. The molecule has 0 aliphatic rings. The molecule has 0 aliphatic heterocycles. The molecule has 3 aromatic rings. The molecule has 1 amide bonds. The van der Waals surface area contributed by atoms with Gasteiger partial charge in [-0.05, 0) is 50.1 Å². The minimum absolute atomic E-state index is 0.120. The van der Waals surface area contributed by atoms with Crippen LogP contribution in [0.1, 0.15) is 40.5 Å². The van der Waals surface area contributed by atoms with Gasteiger partial charge in [-0.3, -0.25) is 4.79 Å². The third-order valence-corrected chi connectivity index (χ3v) is 7.11. The lowest BCUT2D eigenvalue weighted by atomic mass is 10.1. The van der Waals surface area contributed by atoms with Crippen LogP contribution >= 0.6 is 34.7 Å². The molecule has 0 bridgehead atoms. The Hall–Kier alpha value is -2.56. The van der Waals surface area contributed by atoms with Crippen molar-refractivity contribution in [1.82, 2.24) is 14.8 Å². The number of thioether (sulfide) groups is 1. The Kier molecular flexibility index (Phi) is 8.76. The minimum Gasteiger partial charge on any atom is -0.486 e. The normalized spacial score (nSPS) is 10.8. The molecular formula is C22H25ClN4O4S2. The molecule has 1 N–H and O–H groups in total. The highest BCUT2D eigenvalue weighted by Gasteiger charge is 2.23. The van der Waals surface area contributed by atoms with Crippen molar-refractivity contribution in [2.45, 2.75) is 45.5 Å². The lowest BCUT2D eigenvalue weighted by molar-refractivity contribution is -0.113. The number of benzene rings is 1. The molecule has 0 fully saturated rings. The van der Waals surface area contributed by atoms with Gasteiger partial charge in [0.2, 0.25) is 5.91 Å². The van der Waals surface area contributed by atoms with Crippen molar-refractivity contribution in [3.05, 3.63) is 51.1 Å². The maximum absolute atomic E-state index is 12.6. The number of hydrogen-bond acceptors (Lipinski definition) is 8. The van der Waals surface area contributed by atoms with Crippen LogP contribution in [0.4, 0.5) is 5.00 Å². The lowest BCUT2D eigenvalue weighted by Crippen LogP contribution is -2.17. The number of amides is 1. The number of thiophene rings is 1. The monoisotopic (exact) mass is 508 g/mol. The van der Waals surface area contributed by atoms with Crippen molar-refractivity contribution in [2.24, 2.45) is 0 Å². The Bertz CT molecular complexity index is 1130. The van der Waals surface area contributed by atoms with Crippen LogP contribution in [0.2, 0.25) is 5.02 Å². The summed E-state index contributed by atoms with van der Waals surface area (Å²) in [4.78, 5) is 25.9. The fourth-order valence-electron chi connectivity index (χ4n) is 3.23. The molecule has 0 unspecified atom stereocenters. The van der Waals surface area contributed by atoms with E-state index in [2.05, 4.69) is 15.5 Å². The van der Waals surface area contributed by atoms with Gasteiger partial charge in [-0.25, -0.2) is 4.79 Å². The number of hydrogen-bond donors (Lipinski definition) is 1. The summed E-state index contributed by atoms with van der Waals surface area (Å²) in [6.45, 7) is 6.74. The van der Waals surface area contributed by atoms with E-state index in [9.17, 15) is 9.59 Å². The van der Waals surface area contributed by atoms with E-state index >= 15 is 0 Å². The molecule has 0 atom stereocenters. The van der Waals surface area contributed by atoms with Crippen LogP contribution in [0.15, 0.2) is 29.4 Å². The van der Waals surface area contributed by atoms with Gasteiger partial charge in [0.15, 0.2) is 11.0 Å². The summed E-state index contributed by atoms with van der Waals surface area (Å²) in [5.41, 5.74) is 1.32. The van der Waals surface area contributed by atoms with E-state index in [4.69, 9.17) is 21.1 Å². The fraction of sp³-hybridized carbons (Fsp3) is 0.364. The van der Waals surface area contributed by atoms with E-state index in [1.807, 2.05) is 25.3 Å². The summed E-state index contributed by atoms with van der Waals surface area (Å²) < 4.78 is 12.6. The molecule has 176 valence electrons. The first-order valence-electron chi connectivity index (χ1n) is 10.3. The van der Waals surface area contributed by atoms with Crippen molar-refractivity contribution < 1.29 is 19.1 Å². The number of nitrogens with one attached hydrogen (secondary N) is 1. The molecule has 0 radical (unpaired) electrons. The number of esters is 1. The number of anilines is 1. The molecule has 0 saturated carbocycles. The summed E-state index contributed by atoms with van der Waals surface area (Å²) in [6.07, 6.45) is 0.678. The summed E-state index contributed by atoms with van der Waals surface area (Å²) in [6, 6.07) is 7.08. The SMILES string of the molecule is CCc1c(C)sc(NC(=O)CSc2nnc(COc3ccc(Cl)cc3)n2CC)c1C(=O)OC. The molecule has 8 nitrogen and oxygen atoms in total. The van der Waals surface area contributed by atoms with Crippen molar-refractivity contribution in [3.8, 4) is 5.75 Å². The summed E-state index contributed by atoms with van der Waals surface area (Å²) in [7, 11) is 1.34. The number of nitrogens with zero attached hydrogens (tertiary/aromatic N) is 3. The van der Waals surface area contributed by atoms with Gasteiger partial charge >= 0.3 is 5.97 Å². The topological polar surface area (TPSA) is 95.3 Å². The molecule has 3 rings (SSSR count). The third kappa shape index (κ3) is 6.07. The van der Waals surface area contributed by atoms with E-state index in [-0.39, 0.29) is 18.3 Å². The average molecular weight is 509 g/mol. The first-order valence-corrected chi connectivity index (χ1v) is 12.5. The number of rotatable bonds is 10. The van der Waals surface area contributed by atoms with E-state index in [1.165, 1.54) is 30.2 Å². The maximum atomic E-state index is 12.6. The molecule has 2 heterocycles. The van der Waals surface area contributed by atoms with Crippen LogP contribution in [0.25, 0.3) is 0 Å². The average Bonchev–Trinajstić information content (AvgIpc) is 3.35. The highest BCUT2D eigenvalue weighted by atomic mass is 35.5. The summed E-state index contributed by atoms with van der Waals surface area (Å²) in [5.74, 6) is 0.770. The Balaban J connectivity index is 1.64. The molecule has 2 aromatic heterocycles. The zero-order valence-corrected chi connectivity index (χ0v) is 21.2. The highest BCUT2D eigenvalue weighted by Crippen LogP contribution is 2.34. The number of carbonyl (C=O) groups is 2. The van der Waals surface area contributed by atoms with Gasteiger partial charge in [0.05, 0.1) is 18.4 Å². The van der Waals surface area contributed by atoms with Gasteiger partial charge in [-0.1, -0.05) is 30.3 Å². The predicted octanol–water partition coefficient (Wildman–Crippen LogP) is 4.98. The van der Waals surface area contributed by atoms with Crippen molar-refractivity contribution in [1.29, 1.82) is 0 Å². The molecule has 0 saturated heterocycles. The number of aromatic nitrogens is 3. The standard InChI is InChI=1S/C22H25ClN4O4S2/c1-5-16-13(3)33-20(19(16)21(29)30-4)24-18(28)12-32-22-26-25-17(27(22)6-2)11-31-15-9-7-14(23)8-10-15/h7-10H,5-6,11-12H2,1-4H3,(H,24,28). The second-order valence-corrected chi connectivity index (χ2v) is 9.51. The molecule has 1 aromatic carbocycles. The highest BCUT2D eigenvalue weighted by molar-refractivity contribution is 7.99. The molecule has 0 spiro atoms. The largest absolute Gasteiger partial charge is 0.486 e. The van der Waals surface area contributed by atoms with Gasteiger partial charge in [-0.15, -0.1) is 21.5 Å². The van der Waals surface area contributed by atoms with E-state index < -0.39 is 5.97 Å². The molecular weight excluding hydrogens is 484 g/mol. The van der Waals surface area contributed by atoms with E-state index in [0.29, 0.717) is 45.3 Å². The van der Waals surface area contributed by atoms with E-state index in [1.54, 1.807) is 24.3 Å². The summed E-state index contributed by atoms with van der Waals surface area (Å²) >= 11 is 8.55. The second-order valence-electron chi connectivity index (χ2n) is 6.91.